The highest BCUT2D eigenvalue weighted by Crippen LogP contribution is 2.77. The zero-order valence-electron chi connectivity index (χ0n) is 32.8. The highest BCUT2D eigenvalue weighted by Gasteiger charge is 2.72. The fourth-order valence-corrected chi connectivity index (χ4v) is 13.9. The molecule has 0 bridgehead atoms. The van der Waals surface area contributed by atoms with Crippen LogP contribution in [0.15, 0.2) is 12.2 Å². The molecule has 1 aromatic heterocycles. The summed E-state index contributed by atoms with van der Waals surface area (Å²) in [6, 6.07) is 0. The van der Waals surface area contributed by atoms with Crippen LogP contribution in [0.5, 0.6) is 0 Å². The number of amides is 1. The minimum atomic E-state index is -0.256. The summed E-state index contributed by atoms with van der Waals surface area (Å²) in [4.78, 5) is 26.5. The fourth-order valence-electron chi connectivity index (χ4n) is 13.9. The summed E-state index contributed by atoms with van der Waals surface area (Å²) < 4.78 is 5.97. The third kappa shape index (κ3) is 6.08. The number of aromatic amines is 1. The Bertz CT molecular complexity index is 1390. The van der Waals surface area contributed by atoms with Crippen molar-refractivity contribution >= 4 is 11.9 Å². The molecular weight excluding hydrogens is 622 g/mol. The molecule has 1 aromatic rings. The molecule has 280 valence electrons. The highest BCUT2D eigenvalue weighted by molar-refractivity contribution is 5.84. The van der Waals surface area contributed by atoms with Crippen molar-refractivity contribution in [3.05, 3.63) is 18.0 Å². The number of carbonyl (C=O) groups excluding carboxylic acids is 2. The van der Waals surface area contributed by atoms with Crippen LogP contribution in [-0.4, -0.2) is 45.1 Å². The van der Waals surface area contributed by atoms with Gasteiger partial charge in [0.05, 0.1) is 5.41 Å². The van der Waals surface area contributed by atoms with Gasteiger partial charge >= 0.3 is 5.97 Å². The second kappa shape index (κ2) is 14.0. The Balaban J connectivity index is 1.11. The van der Waals surface area contributed by atoms with Gasteiger partial charge in [0.2, 0.25) is 5.91 Å². The number of allylic oxidation sites excluding steroid dienone is 1. The van der Waals surface area contributed by atoms with Crippen LogP contribution in [0, 0.1) is 56.7 Å². The monoisotopic (exact) mass is 692 g/mol. The molecule has 0 aliphatic heterocycles. The number of unbranched alkanes of at least 4 members (excludes halogenated alkanes) is 4. The summed E-state index contributed by atoms with van der Waals surface area (Å²) in [5.74, 6) is 4.02. The molecule has 5 aliphatic rings. The molecule has 1 heterocycles. The van der Waals surface area contributed by atoms with E-state index < -0.39 is 0 Å². The number of hydrogen-bond donors (Lipinski definition) is 2. The number of fused-ring (bicyclic) bond motifs is 7. The standard InChI is InChI=1S/C42H69N5O3/c1-27(2)30-18-23-42(37(49)43-26-14-12-10-11-13-15-28(3)36-44-46-47-45-36)25-24-40(8)31(35(30)42)16-17-33-39(7)21-20-34(50-29(4)48)38(5,6)32(39)19-22-41(33,40)9/h28,30-35H,1,10-26H2,2-9H3,(H,43,49)(H,44,45,46,47)/t28?,30-,31+,32-,33?,34-,35+,39-,40+,41+,42-/m0/s1. The molecule has 2 unspecified atom stereocenters. The van der Waals surface area contributed by atoms with Crippen molar-refractivity contribution in [1.82, 2.24) is 25.9 Å². The first kappa shape index (κ1) is 37.5. The van der Waals surface area contributed by atoms with E-state index in [0.717, 1.165) is 70.2 Å². The van der Waals surface area contributed by atoms with Crippen LogP contribution in [-0.2, 0) is 14.3 Å². The summed E-state index contributed by atoms with van der Waals surface area (Å²) in [6.45, 7) is 24.0. The lowest BCUT2D eigenvalue weighted by atomic mass is 9.32. The molecule has 5 saturated carbocycles. The first-order chi connectivity index (χ1) is 23.6. The molecule has 11 atom stereocenters. The summed E-state index contributed by atoms with van der Waals surface area (Å²) in [5, 5.41) is 17.9. The minimum Gasteiger partial charge on any atom is -0.462 e. The number of nitrogens with one attached hydrogen (secondary N) is 2. The Morgan fingerprint density at radius 2 is 1.62 bits per heavy atom. The lowest BCUT2D eigenvalue weighted by Crippen LogP contribution is -2.67. The van der Waals surface area contributed by atoms with Crippen molar-refractivity contribution in [1.29, 1.82) is 0 Å². The molecule has 6 rings (SSSR count). The Labute approximate surface area is 302 Å². The van der Waals surface area contributed by atoms with Crippen LogP contribution in [0.4, 0.5) is 0 Å². The van der Waals surface area contributed by atoms with E-state index in [0.29, 0.717) is 41.4 Å². The van der Waals surface area contributed by atoms with Gasteiger partial charge in [0.1, 0.15) is 6.10 Å². The summed E-state index contributed by atoms with van der Waals surface area (Å²) in [6.07, 6.45) is 18.2. The topological polar surface area (TPSA) is 110 Å². The maximum Gasteiger partial charge on any atom is 0.302 e. The molecule has 0 spiro atoms. The molecule has 50 heavy (non-hydrogen) atoms. The Hall–Kier alpha value is -2.25. The number of esters is 1. The third-order valence-corrected chi connectivity index (χ3v) is 16.7. The van der Waals surface area contributed by atoms with Gasteiger partial charge in [0.15, 0.2) is 5.82 Å². The first-order valence-electron chi connectivity index (χ1n) is 20.5. The Kier molecular flexibility index (Phi) is 10.5. The van der Waals surface area contributed by atoms with Crippen molar-refractivity contribution in [3.8, 4) is 0 Å². The van der Waals surface area contributed by atoms with Crippen LogP contribution in [0.1, 0.15) is 170 Å². The Morgan fingerprint density at radius 3 is 2.32 bits per heavy atom. The van der Waals surface area contributed by atoms with Crippen LogP contribution in [0.2, 0.25) is 0 Å². The second-order valence-corrected chi connectivity index (χ2v) is 19.3. The number of hydrogen-bond acceptors (Lipinski definition) is 6. The van der Waals surface area contributed by atoms with E-state index in [9.17, 15) is 9.59 Å². The van der Waals surface area contributed by atoms with E-state index in [1.807, 2.05) is 0 Å². The van der Waals surface area contributed by atoms with Gasteiger partial charge in [-0.15, -0.1) is 5.10 Å². The highest BCUT2D eigenvalue weighted by atomic mass is 16.5. The lowest BCUT2D eigenvalue weighted by Gasteiger charge is -2.72. The molecule has 0 radical (unpaired) electrons. The number of tetrazole rings is 1. The van der Waals surface area contributed by atoms with E-state index >= 15 is 0 Å². The predicted octanol–water partition coefficient (Wildman–Crippen LogP) is 9.35. The third-order valence-electron chi connectivity index (χ3n) is 16.7. The van der Waals surface area contributed by atoms with E-state index in [-0.39, 0.29) is 39.1 Å². The van der Waals surface area contributed by atoms with Crippen LogP contribution in [0.3, 0.4) is 0 Å². The number of ether oxygens (including phenoxy) is 1. The van der Waals surface area contributed by atoms with Gasteiger partial charge in [0.25, 0.3) is 0 Å². The zero-order valence-corrected chi connectivity index (χ0v) is 32.8. The molecule has 5 fully saturated rings. The maximum absolute atomic E-state index is 14.5. The van der Waals surface area contributed by atoms with Gasteiger partial charge in [-0.2, -0.15) is 0 Å². The van der Waals surface area contributed by atoms with Crippen LogP contribution < -0.4 is 5.32 Å². The number of H-pyrrole nitrogens is 1. The van der Waals surface area contributed by atoms with Crippen molar-refractivity contribution in [2.45, 2.75) is 170 Å². The van der Waals surface area contributed by atoms with Crippen LogP contribution in [0.25, 0.3) is 0 Å². The number of nitrogens with zero attached hydrogens (tertiary/aromatic N) is 3. The average Bonchev–Trinajstić information content (AvgIpc) is 3.73. The smallest absolute Gasteiger partial charge is 0.302 e. The minimum absolute atomic E-state index is 0.00976. The van der Waals surface area contributed by atoms with Gasteiger partial charge in [-0.05, 0) is 140 Å². The van der Waals surface area contributed by atoms with E-state index in [1.54, 1.807) is 6.92 Å². The van der Waals surface area contributed by atoms with Crippen molar-refractivity contribution in [2.24, 2.45) is 56.7 Å². The predicted molar refractivity (Wildman–Crippen MR) is 198 cm³/mol. The van der Waals surface area contributed by atoms with Gasteiger partial charge in [-0.1, -0.05) is 79.4 Å². The average molecular weight is 692 g/mol. The largest absolute Gasteiger partial charge is 0.462 e. The molecule has 8 heteroatoms. The van der Waals surface area contributed by atoms with Crippen molar-refractivity contribution in [2.75, 3.05) is 6.54 Å². The second-order valence-electron chi connectivity index (χ2n) is 19.3. The van der Waals surface area contributed by atoms with Gasteiger partial charge < -0.3 is 10.1 Å². The van der Waals surface area contributed by atoms with Crippen molar-refractivity contribution < 1.29 is 14.3 Å². The van der Waals surface area contributed by atoms with Gasteiger partial charge in [0, 0.05) is 24.8 Å². The number of rotatable bonds is 12. The van der Waals surface area contributed by atoms with E-state index in [4.69, 9.17) is 4.74 Å². The fraction of sp³-hybridized carbons (Fsp3) is 0.881. The first-order valence-corrected chi connectivity index (χ1v) is 20.5. The maximum atomic E-state index is 14.5. The summed E-state index contributed by atoms with van der Waals surface area (Å²) in [7, 11) is 0. The number of carbonyl (C=O) groups is 2. The molecule has 1 amide bonds. The normalized spacial score (nSPS) is 40.8. The van der Waals surface area contributed by atoms with Gasteiger partial charge in [-0.25, -0.2) is 5.10 Å². The number of aromatic nitrogens is 4. The molecule has 8 nitrogen and oxygen atoms in total. The molecule has 0 saturated heterocycles. The zero-order chi connectivity index (χ0) is 36.1. The van der Waals surface area contributed by atoms with E-state index in [2.05, 4.69) is 81.0 Å². The van der Waals surface area contributed by atoms with Crippen molar-refractivity contribution in [3.63, 3.8) is 0 Å². The molecule has 2 N–H and O–H groups in total. The molecule has 5 aliphatic carbocycles. The molecule has 0 aromatic carbocycles. The SMILES string of the molecule is C=C(C)[C@@H]1CC[C@]2(C(=O)NCCCCCCCC(C)c3nnn[nH]3)CC[C@]3(C)[C@H](CCC4[C@@]5(C)CC[C@H](OC(C)=O)C(C)(C)[C@@H]5CC[C@]43C)[C@@H]12. The van der Waals surface area contributed by atoms with Gasteiger partial charge in [-0.3, -0.25) is 9.59 Å². The molecular formula is C42H69N5O3. The lowest BCUT2D eigenvalue weighted by molar-refractivity contribution is -0.248. The Morgan fingerprint density at radius 1 is 0.880 bits per heavy atom. The summed E-state index contributed by atoms with van der Waals surface area (Å²) >= 11 is 0. The van der Waals surface area contributed by atoms with E-state index in [1.165, 1.54) is 50.5 Å². The van der Waals surface area contributed by atoms with Crippen LogP contribution >= 0.6 is 0 Å². The summed E-state index contributed by atoms with van der Waals surface area (Å²) in [5.41, 5.74) is 1.69. The quantitative estimate of drug-likeness (QED) is 0.128.